The van der Waals surface area contributed by atoms with Crippen LogP contribution in [0.15, 0.2) is 24.3 Å². The minimum Gasteiger partial charge on any atom is -0.483 e. The molecule has 53 heavy (non-hydrogen) atoms. The Hall–Kier alpha value is -4.16. The van der Waals surface area contributed by atoms with Gasteiger partial charge in [0.05, 0.1) is 32.8 Å². The molecule has 302 valence electrons. The number of carbonyl (C=O) groups excluding carboxylic acids is 3. The van der Waals surface area contributed by atoms with Crippen LogP contribution in [-0.2, 0) is 35.3 Å². The van der Waals surface area contributed by atoms with Crippen LogP contribution in [0.3, 0.4) is 0 Å². The van der Waals surface area contributed by atoms with Gasteiger partial charge in [0, 0.05) is 84.0 Å². The topological polar surface area (TPSA) is 221 Å². The van der Waals surface area contributed by atoms with E-state index < -0.39 is 11.9 Å². The van der Waals surface area contributed by atoms with Gasteiger partial charge in [-0.1, -0.05) is 46.2 Å². The molecule has 17 heteroatoms. The molecule has 0 saturated carbocycles. The smallest absolute Gasteiger partial charge is 0.317 e. The Balaban J connectivity index is 0.00000513. The maximum absolute atomic E-state index is 12.9. The molecule has 1 aromatic carbocycles. The number of carboxylic acid groups (broad SMARTS) is 3. The minimum absolute atomic E-state index is 0.0425. The monoisotopic (exact) mass is 753 g/mol. The molecular formula is C36H63N7O10. The molecule has 1 aromatic rings. The van der Waals surface area contributed by atoms with Crippen LogP contribution in [0.4, 0.5) is 0 Å². The van der Waals surface area contributed by atoms with Crippen LogP contribution in [0.2, 0.25) is 0 Å². The zero-order chi connectivity index (χ0) is 39.9. The Bertz CT molecular complexity index is 1190. The second-order valence-electron chi connectivity index (χ2n) is 12.0. The summed E-state index contributed by atoms with van der Waals surface area (Å²) >= 11 is 0. The number of hydrogen-bond donors (Lipinski definition) is 6. The lowest BCUT2D eigenvalue weighted by molar-refractivity contribution is -0.140. The summed E-state index contributed by atoms with van der Waals surface area (Å²) in [5.41, 5.74) is 1.32. The fraction of sp³-hybridized carbons (Fsp3) is 0.667. The van der Waals surface area contributed by atoms with Gasteiger partial charge in [0.1, 0.15) is 0 Å². The fourth-order valence-corrected chi connectivity index (χ4v) is 5.08. The highest BCUT2D eigenvalue weighted by molar-refractivity contribution is 5.94. The Kier molecular flexibility index (Phi) is 28.9. The summed E-state index contributed by atoms with van der Waals surface area (Å²) in [6.07, 6.45) is 2.26. The van der Waals surface area contributed by atoms with E-state index in [0.717, 1.165) is 24.9 Å². The second-order valence-corrected chi connectivity index (χ2v) is 12.0. The average Bonchev–Trinajstić information content (AvgIpc) is 3.13. The zero-order valence-electron chi connectivity index (χ0n) is 32.0. The number of unbranched alkanes of at least 4 members (excludes halogenated alkanes) is 1. The first-order chi connectivity index (χ1) is 25.5. The van der Waals surface area contributed by atoms with Gasteiger partial charge in [-0.15, -0.1) is 0 Å². The lowest BCUT2D eigenvalue weighted by Gasteiger charge is -2.33. The van der Waals surface area contributed by atoms with Crippen LogP contribution in [0, 0.1) is 0 Å². The molecule has 2 rings (SSSR count). The number of hydrogen-bond acceptors (Lipinski definition) is 11. The first kappa shape index (κ1) is 48.8. The molecule has 0 aliphatic carbocycles. The lowest BCUT2D eigenvalue weighted by Crippen LogP contribution is -2.49. The molecule has 0 unspecified atom stereocenters. The number of likely N-dealkylation sites (N-methyl/N-ethyl adjacent to an activating group) is 1. The molecule has 6 N–H and O–H groups in total. The van der Waals surface area contributed by atoms with Crippen LogP contribution < -0.4 is 16.0 Å². The summed E-state index contributed by atoms with van der Waals surface area (Å²) in [6, 6.07) is 6.97. The van der Waals surface area contributed by atoms with Gasteiger partial charge >= 0.3 is 11.9 Å². The van der Waals surface area contributed by atoms with E-state index in [9.17, 15) is 34.2 Å². The molecule has 0 spiro atoms. The van der Waals surface area contributed by atoms with E-state index >= 15 is 0 Å². The van der Waals surface area contributed by atoms with E-state index in [1.807, 2.05) is 30.6 Å². The normalized spacial score (nSPS) is 14.8. The highest BCUT2D eigenvalue weighted by atomic mass is 16.5. The molecule has 1 saturated heterocycles. The first-order valence-electron chi connectivity index (χ1n) is 18.4. The molecule has 1 fully saturated rings. The highest BCUT2D eigenvalue weighted by Crippen LogP contribution is 2.05. The molecule has 1 heterocycles. The second kappa shape index (κ2) is 31.4. The molecule has 0 atom stereocenters. The number of benzene rings is 1. The average molecular weight is 754 g/mol. The van der Waals surface area contributed by atoms with E-state index in [0.29, 0.717) is 90.8 Å². The SMILES string of the molecule is CC.CCCCNC(=O)CCOCCNC(=O)c1ccc(CNC(=O)CN2CCN(CC)CCN(CC(=O)O)CCN(CC(=O)O)CC2)cc1.O=CO. The number of ether oxygens (including phenoxy) is 1. The van der Waals surface area contributed by atoms with Crippen molar-refractivity contribution in [3.63, 3.8) is 0 Å². The highest BCUT2D eigenvalue weighted by Gasteiger charge is 2.20. The standard InChI is InChI=1S/C33H55N7O8.C2H6.CH2O2/c1-3-5-11-34-29(41)10-21-48-22-12-35-33(47)28-8-6-27(7-9-28)23-36-30(42)24-38-15-13-37(4-2)14-16-39(25-31(43)44)19-20-40(18-17-38)26-32(45)46;1-2;2-1-3/h6-9H,3-5,10-26H2,1-2H3,(H,34,41)(H,35,47)(H,36,42)(H,43,44)(H,45,46);1-2H3;1H,(H,2,3). The van der Waals surface area contributed by atoms with Gasteiger partial charge < -0.3 is 40.9 Å². The fourth-order valence-electron chi connectivity index (χ4n) is 5.08. The Morgan fingerprint density at radius 3 is 1.66 bits per heavy atom. The van der Waals surface area contributed by atoms with E-state index in [2.05, 4.69) is 27.8 Å². The van der Waals surface area contributed by atoms with Crippen molar-refractivity contribution in [2.45, 2.75) is 53.5 Å². The van der Waals surface area contributed by atoms with Crippen LogP contribution in [0.5, 0.6) is 0 Å². The van der Waals surface area contributed by atoms with Crippen LogP contribution >= 0.6 is 0 Å². The number of nitrogens with zero attached hydrogens (tertiary/aromatic N) is 4. The van der Waals surface area contributed by atoms with Crippen molar-refractivity contribution >= 4 is 36.1 Å². The predicted octanol–water partition coefficient (Wildman–Crippen LogP) is 0.493. The van der Waals surface area contributed by atoms with Gasteiger partial charge in [-0.25, -0.2) is 0 Å². The Labute approximate surface area is 314 Å². The van der Waals surface area contributed by atoms with Crippen molar-refractivity contribution < 1.29 is 48.8 Å². The maximum Gasteiger partial charge on any atom is 0.317 e. The van der Waals surface area contributed by atoms with Gasteiger partial charge in [0.15, 0.2) is 0 Å². The number of carbonyl (C=O) groups is 6. The zero-order valence-corrected chi connectivity index (χ0v) is 32.0. The van der Waals surface area contributed by atoms with Crippen LogP contribution in [0.25, 0.3) is 0 Å². The Morgan fingerprint density at radius 1 is 0.698 bits per heavy atom. The van der Waals surface area contributed by atoms with Crippen molar-refractivity contribution in [1.29, 1.82) is 0 Å². The summed E-state index contributed by atoms with van der Waals surface area (Å²) in [6.45, 7) is 14.7. The van der Waals surface area contributed by atoms with Crippen molar-refractivity contribution in [2.24, 2.45) is 0 Å². The van der Waals surface area contributed by atoms with Crippen LogP contribution in [0.1, 0.15) is 62.9 Å². The molecule has 1 aliphatic rings. The molecule has 1 aliphatic heterocycles. The van der Waals surface area contributed by atoms with E-state index in [1.165, 1.54) is 0 Å². The number of rotatable bonds is 19. The predicted molar refractivity (Wildman–Crippen MR) is 201 cm³/mol. The summed E-state index contributed by atoms with van der Waals surface area (Å²) in [5.74, 6) is -2.32. The number of amides is 3. The number of carboxylic acids is 2. The van der Waals surface area contributed by atoms with Crippen molar-refractivity contribution in [3.05, 3.63) is 35.4 Å². The van der Waals surface area contributed by atoms with Gasteiger partial charge in [-0.3, -0.25) is 43.5 Å². The van der Waals surface area contributed by atoms with E-state index in [1.54, 1.807) is 29.2 Å². The minimum atomic E-state index is -0.957. The quantitative estimate of drug-likeness (QED) is 0.0837. The Morgan fingerprint density at radius 2 is 1.19 bits per heavy atom. The molecule has 3 amide bonds. The third-order valence-corrected chi connectivity index (χ3v) is 8.03. The van der Waals surface area contributed by atoms with Gasteiger partial charge in [0.25, 0.3) is 12.4 Å². The number of nitrogens with one attached hydrogen (secondary N) is 3. The first-order valence-corrected chi connectivity index (χ1v) is 18.4. The number of aliphatic carboxylic acids is 2. The molecule has 0 radical (unpaired) electrons. The van der Waals surface area contributed by atoms with Gasteiger partial charge in [-0.05, 0) is 30.7 Å². The molecule has 0 bridgehead atoms. The lowest BCUT2D eigenvalue weighted by atomic mass is 10.1. The summed E-state index contributed by atoms with van der Waals surface area (Å²) in [5, 5.41) is 34.2. The van der Waals surface area contributed by atoms with Gasteiger partial charge in [0.2, 0.25) is 11.8 Å². The summed E-state index contributed by atoms with van der Waals surface area (Å²) < 4.78 is 5.44. The molecular weight excluding hydrogens is 690 g/mol. The summed E-state index contributed by atoms with van der Waals surface area (Å²) in [7, 11) is 0. The third kappa shape index (κ3) is 25.5. The van der Waals surface area contributed by atoms with Gasteiger partial charge in [-0.2, -0.15) is 0 Å². The molecule has 0 aromatic heterocycles. The maximum atomic E-state index is 12.9. The molecule has 17 nitrogen and oxygen atoms in total. The third-order valence-electron chi connectivity index (χ3n) is 8.03. The largest absolute Gasteiger partial charge is 0.483 e. The van der Waals surface area contributed by atoms with Crippen LogP contribution in [-0.4, -0.2) is 176 Å². The van der Waals surface area contributed by atoms with Crippen molar-refractivity contribution in [1.82, 2.24) is 35.6 Å². The van der Waals surface area contributed by atoms with E-state index in [-0.39, 0.29) is 50.2 Å². The van der Waals surface area contributed by atoms with Crippen molar-refractivity contribution in [2.75, 3.05) is 105 Å². The van der Waals surface area contributed by atoms with Crippen molar-refractivity contribution in [3.8, 4) is 0 Å². The van der Waals surface area contributed by atoms with E-state index in [4.69, 9.17) is 14.6 Å². The summed E-state index contributed by atoms with van der Waals surface area (Å²) in [4.78, 5) is 76.2.